The highest BCUT2D eigenvalue weighted by molar-refractivity contribution is 7.16. The number of amides is 1. The Morgan fingerprint density at radius 1 is 1.23 bits per heavy atom. The third kappa shape index (κ3) is 3.52. The Balaban J connectivity index is 1.84. The standard InChI is InChI=1S/C19H18N2O4S/c1-4-24-19(23)16-11(2)12(3)26-18(16)20-17(22)14-10-15(25-21-14)13-8-6-5-7-9-13/h5-10H,4H2,1-3H3,(H,20,22). The van der Waals surface area contributed by atoms with Crippen LogP contribution in [0.4, 0.5) is 5.00 Å². The lowest BCUT2D eigenvalue weighted by Crippen LogP contribution is -2.15. The first-order valence-corrected chi connectivity index (χ1v) is 8.93. The largest absolute Gasteiger partial charge is 0.462 e. The molecule has 0 fully saturated rings. The number of hydrogen-bond donors (Lipinski definition) is 1. The molecule has 3 rings (SSSR count). The van der Waals surface area contributed by atoms with Gasteiger partial charge in [-0.05, 0) is 26.3 Å². The number of carbonyl (C=O) groups is 2. The number of hydrogen-bond acceptors (Lipinski definition) is 6. The van der Waals surface area contributed by atoms with Crippen molar-refractivity contribution in [3.63, 3.8) is 0 Å². The normalized spacial score (nSPS) is 10.6. The van der Waals surface area contributed by atoms with Crippen LogP contribution in [0.5, 0.6) is 0 Å². The molecule has 0 spiro atoms. The lowest BCUT2D eigenvalue weighted by Gasteiger charge is -2.05. The van der Waals surface area contributed by atoms with Crippen LogP contribution in [0.2, 0.25) is 0 Å². The van der Waals surface area contributed by atoms with E-state index >= 15 is 0 Å². The Kier molecular flexibility index (Phi) is 5.18. The van der Waals surface area contributed by atoms with Gasteiger partial charge < -0.3 is 14.6 Å². The summed E-state index contributed by atoms with van der Waals surface area (Å²) < 4.78 is 10.3. The molecule has 0 saturated carbocycles. The first-order chi connectivity index (χ1) is 12.5. The SMILES string of the molecule is CCOC(=O)c1c(NC(=O)c2cc(-c3ccccc3)on2)sc(C)c1C. The summed E-state index contributed by atoms with van der Waals surface area (Å²) in [7, 11) is 0. The summed E-state index contributed by atoms with van der Waals surface area (Å²) in [6.45, 7) is 5.73. The number of aryl methyl sites for hydroxylation is 1. The van der Waals surface area contributed by atoms with E-state index in [2.05, 4.69) is 10.5 Å². The molecule has 0 aliphatic heterocycles. The molecule has 0 saturated heterocycles. The highest BCUT2D eigenvalue weighted by Crippen LogP contribution is 2.33. The van der Waals surface area contributed by atoms with E-state index < -0.39 is 11.9 Å². The fraction of sp³-hybridized carbons (Fsp3) is 0.211. The second-order valence-corrected chi connectivity index (χ2v) is 6.83. The summed E-state index contributed by atoms with van der Waals surface area (Å²) in [6, 6.07) is 11.0. The number of esters is 1. The van der Waals surface area contributed by atoms with Crippen LogP contribution in [0.25, 0.3) is 11.3 Å². The molecule has 0 atom stereocenters. The number of carbonyl (C=O) groups excluding carboxylic acids is 2. The van der Waals surface area contributed by atoms with Crippen molar-refractivity contribution in [3.8, 4) is 11.3 Å². The zero-order valence-corrected chi connectivity index (χ0v) is 15.5. The molecular weight excluding hydrogens is 352 g/mol. The molecule has 2 heterocycles. The molecule has 0 bridgehead atoms. The summed E-state index contributed by atoms with van der Waals surface area (Å²) in [4.78, 5) is 25.7. The molecule has 1 aromatic carbocycles. The van der Waals surface area contributed by atoms with Crippen molar-refractivity contribution in [2.24, 2.45) is 0 Å². The van der Waals surface area contributed by atoms with Gasteiger partial charge in [-0.25, -0.2) is 4.79 Å². The molecule has 6 nitrogen and oxygen atoms in total. The van der Waals surface area contributed by atoms with E-state index in [1.54, 1.807) is 13.0 Å². The Morgan fingerprint density at radius 3 is 2.65 bits per heavy atom. The maximum atomic E-state index is 12.5. The van der Waals surface area contributed by atoms with E-state index in [0.29, 0.717) is 16.3 Å². The van der Waals surface area contributed by atoms with Crippen molar-refractivity contribution in [1.82, 2.24) is 5.16 Å². The van der Waals surface area contributed by atoms with Crippen LogP contribution in [0.15, 0.2) is 40.9 Å². The van der Waals surface area contributed by atoms with Gasteiger partial charge in [-0.1, -0.05) is 35.5 Å². The maximum absolute atomic E-state index is 12.5. The molecule has 1 amide bonds. The topological polar surface area (TPSA) is 81.4 Å². The van der Waals surface area contributed by atoms with Crippen molar-refractivity contribution in [2.75, 3.05) is 11.9 Å². The quantitative estimate of drug-likeness (QED) is 0.671. The number of nitrogens with zero attached hydrogens (tertiary/aromatic N) is 1. The zero-order valence-electron chi connectivity index (χ0n) is 14.7. The highest BCUT2D eigenvalue weighted by Gasteiger charge is 2.23. The Bertz CT molecular complexity index is 944. The molecule has 7 heteroatoms. The van der Waals surface area contributed by atoms with Crippen LogP contribution in [0, 0.1) is 13.8 Å². The Labute approximate surface area is 154 Å². The number of thiophene rings is 1. The minimum Gasteiger partial charge on any atom is -0.462 e. The molecule has 134 valence electrons. The Morgan fingerprint density at radius 2 is 1.96 bits per heavy atom. The molecule has 0 aliphatic carbocycles. The number of aromatic nitrogens is 1. The molecule has 0 radical (unpaired) electrons. The second kappa shape index (κ2) is 7.53. The van der Waals surface area contributed by atoms with Gasteiger partial charge in [-0.3, -0.25) is 4.79 Å². The van der Waals surface area contributed by atoms with Crippen molar-refractivity contribution < 1.29 is 18.8 Å². The van der Waals surface area contributed by atoms with E-state index in [1.165, 1.54) is 11.3 Å². The molecule has 1 N–H and O–H groups in total. The lowest BCUT2D eigenvalue weighted by molar-refractivity contribution is 0.0527. The molecule has 0 unspecified atom stereocenters. The number of ether oxygens (including phenoxy) is 1. The van der Waals surface area contributed by atoms with Gasteiger partial charge in [-0.15, -0.1) is 11.3 Å². The predicted octanol–water partition coefficient (Wildman–Crippen LogP) is 4.45. The van der Waals surface area contributed by atoms with Crippen LogP contribution in [0.3, 0.4) is 0 Å². The lowest BCUT2D eigenvalue weighted by atomic mass is 10.1. The van der Waals surface area contributed by atoms with Gasteiger partial charge in [0.15, 0.2) is 11.5 Å². The van der Waals surface area contributed by atoms with Crippen molar-refractivity contribution in [1.29, 1.82) is 0 Å². The van der Waals surface area contributed by atoms with Crippen molar-refractivity contribution in [2.45, 2.75) is 20.8 Å². The third-order valence-electron chi connectivity index (χ3n) is 3.89. The summed E-state index contributed by atoms with van der Waals surface area (Å²) in [6.07, 6.45) is 0. The minimum absolute atomic E-state index is 0.141. The van der Waals surface area contributed by atoms with Gasteiger partial charge in [0.05, 0.1) is 12.2 Å². The first kappa shape index (κ1) is 17.9. The van der Waals surface area contributed by atoms with Crippen LogP contribution >= 0.6 is 11.3 Å². The minimum atomic E-state index is -0.449. The van der Waals surface area contributed by atoms with Gasteiger partial charge in [-0.2, -0.15) is 0 Å². The van der Waals surface area contributed by atoms with E-state index in [1.807, 2.05) is 44.2 Å². The van der Waals surface area contributed by atoms with E-state index in [9.17, 15) is 9.59 Å². The average Bonchev–Trinajstić information content (AvgIpc) is 3.22. The summed E-state index contributed by atoms with van der Waals surface area (Å²) in [5.41, 5.74) is 2.15. The molecule has 3 aromatic rings. The maximum Gasteiger partial charge on any atom is 0.341 e. The first-order valence-electron chi connectivity index (χ1n) is 8.11. The summed E-state index contributed by atoms with van der Waals surface area (Å²) >= 11 is 1.33. The Hall–Kier alpha value is -2.93. The van der Waals surface area contributed by atoms with Crippen LogP contribution in [-0.2, 0) is 4.74 Å². The van der Waals surface area contributed by atoms with E-state index in [0.717, 1.165) is 16.0 Å². The van der Waals surface area contributed by atoms with E-state index in [4.69, 9.17) is 9.26 Å². The third-order valence-corrected chi connectivity index (χ3v) is 5.02. The van der Waals surface area contributed by atoms with Gasteiger partial charge in [0.1, 0.15) is 5.00 Å². The molecule has 0 aliphatic rings. The van der Waals surface area contributed by atoms with Crippen molar-refractivity contribution in [3.05, 3.63) is 58.1 Å². The number of benzene rings is 1. The summed E-state index contributed by atoms with van der Waals surface area (Å²) in [5, 5.41) is 7.03. The van der Waals surface area contributed by atoms with Crippen LogP contribution < -0.4 is 5.32 Å². The number of rotatable bonds is 5. The predicted molar refractivity (Wildman–Crippen MR) is 99.6 cm³/mol. The van der Waals surface area contributed by atoms with E-state index in [-0.39, 0.29) is 12.3 Å². The zero-order chi connectivity index (χ0) is 18.7. The second-order valence-electron chi connectivity index (χ2n) is 5.60. The monoisotopic (exact) mass is 370 g/mol. The van der Waals surface area contributed by atoms with Gasteiger partial charge in [0, 0.05) is 16.5 Å². The highest BCUT2D eigenvalue weighted by atomic mass is 32.1. The average molecular weight is 370 g/mol. The van der Waals surface area contributed by atoms with Crippen molar-refractivity contribution >= 4 is 28.2 Å². The fourth-order valence-corrected chi connectivity index (χ4v) is 3.50. The molecule has 26 heavy (non-hydrogen) atoms. The number of nitrogens with one attached hydrogen (secondary N) is 1. The fourth-order valence-electron chi connectivity index (χ4n) is 2.45. The number of anilines is 1. The summed E-state index contributed by atoms with van der Waals surface area (Å²) in [5.74, 6) is -0.391. The molecule has 2 aromatic heterocycles. The van der Waals surface area contributed by atoms with Crippen LogP contribution in [-0.4, -0.2) is 23.6 Å². The smallest absolute Gasteiger partial charge is 0.341 e. The molecular formula is C19H18N2O4S. The van der Waals surface area contributed by atoms with Gasteiger partial charge >= 0.3 is 5.97 Å². The van der Waals surface area contributed by atoms with Gasteiger partial charge in [0.25, 0.3) is 5.91 Å². The van der Waals surface area contributed by atoms with Crippen LogP contribution in [0.1, 0.15) is 38.2 Å². The van der Waals surface area contributed by atoms with Gasteiger partial charge in [0.2, 0.25) is 0 Å².